The van der Waals surface area contributed by atoms with Crippen LogP contribution >= 0.6 is 27.3 Å². The van der Waals surface area contributed by atoms with Crippen LogP contribution in [-0.2, 0) is 0 Å². The van der Waals surface area contributed by atoms with Crippen molar-refractivity contribution in [3.8, 4) is 0 Å². The summed E-state index contributed by atoms with van der Waals surface area (Å²) in [6, 6.07) is 2.44. The first-order valence-electron chi connectivity index (χ1n) is 5.82. The van der Waals surface area contributed by atoms with Gasteiger partial charge in [-0.05, 0) is 60.9 Å². The highest BCUT2D eigenvalue weighted by Gasteiger charge is 2.21. The molecule has 2 rings (SSSR count). The number of carbonyl (C=O) groups is 1. The van der Waals surface area contributed by atoms with E-state index in [0.29, 0.717) is 6.04 Å². The monoisotopic (exact) mass is 316 g/mol. The van der Waals surface area contributed by atoms with Crippen molar-refractivity contribution >= 4 is 33.2 Å². The van der Waals surface area contributed by atoms with Gasteiger partial charge in [0.1, 0.15) is 0 Å². The fourth-order valence-electron chi connectivity index (χ4n) is 2.11. The summed E-state index contributed by atoms with van der Waals surface area (Å²) >= 11 is 4.94. The summed E-state index contributed by atoms with van der Waals surface area (Å²) in [5, 5.41) is 3.02. The molecule has 1 aliphatic heterocycles. The van der Waals surface area contributed by atoms with E-state index in [-0.39, 0.29) is 5.91 Å². The SMILES string of the molecule is Cc1cc(C(=O)NCC2CCCN2C)sc1Br. The van der Waals surface area contributed by atoms with Gasteiger partial charge >= 0.3 is 0 Å². The van der Waals surface area contributed by atoms with Gasteiger partial charge in [0.25, 0.3) is 5.91 Å². The molecule has 5 heteroatoms. The van der Waals surface area contributed by atoms with Gasteiger partial charge in [-0.2, -0.15) is 0 Å². The molecule has 1 aromatic heterocycles. The third kappa shape index (κ3) is 3.09. The number of rotatable bonds is 3. The summed E-state index contributed by atoms with van der Waals surface area (Å²) in [5.41, 5.74) is 1.12. The number of likely N-dealkylation sites (tertiary alicyclic amines) is 1. The Labute approximate surface area is 114 Å². The summed E-state index contributed by atoms with van der Waals surface area (Å²) < 4.78 is 1.04. The van der Waals surface area contributed by atoms with Crippen molar-refractivity contribution in [2.75, 3.05) is 20.1 Å². The number of carbonyl (C=O) groups excluding carboxylic acids is 1. The molecule has 0 spiro atoms. The number of nitrogens with zero attached hydrogens (tertiary/aromatic N) is 1. The molecule has 94 valence electrons. The molecular formula is C12H17BrN2OS. The van der Waals surface area contributed by atoms with Gasteiger partial charge in [-0.1, -0.05) is 0 Å². The van der Waals surface area contributed by atoms with Gasteiger partial charge < -0.3 is 10.2 Å². The zero-order valence-electron chi connectivity index (χ0n) is 10.1. The van der Waals surface area contributed by atoms with Gasteiger partial charge in [0.2, 0.25) is 0 Å². The molecule has 0 aliphatic carbocycles. The number of amides is 1. The van der Waals surface area contributed by atoms with Crippen molar-refractivity contribution in [2.45, 2.75) is 25.8 Å². The molecule has 1 saturated heterocycles. The van der Waals surface area contributed by atoms with E-state index >= 15 is 0 Å². The minimum atomic E-state index is 0.0455. The van der Waals surface area contributed by atoms with Gasteiger partial charge in [-0.15, -0.1) is 11.3 Å². The molecule has 1 fully saturated rings. The minimum Gasteiger partial charge on any atom is -0.350 e. The number of hydrogen-bond donors (Lipinski definition) is 1. The third-order valence-electron chi connectivity index (χ3n) is 3.25. The van der Waals surface area contributed by atoms with Crippen LogP contribution in [0.4, 0.5) is 0 Å². The average molecular weight is 317 g/mol. The smallest absolute Gasteiger partial charge is 0.261 e. The Morgan fingerprint density at radius 3 is 3.00 bits per heavy atom. The zero-order chi connectivity index (χ0) is 12.4. The zero-order valence-corrected chi connectivity index (χ0v) is 12.5. The summed E-state index contributed by atoms with van der Waals surface area (Å²) in [5.74, 6) is 0.0455. The van der Waals surface area contributed by atoms with E-state index in [9.17, 15) is 4.79 Å². The van der Waals surface area contributed by atoms with Crippen molar-refractivity contribution in [3.63, 3.8) is 0 Å². The Kier molecular flexibility index (Phi) is 4.22. The summed E-state index contributed by atoms with van der Waals surface area (Å²) in [6.07, 6.45) is 2.42. The summed E-state index contributed by atoms with van der Waals surface area (Å²) in [4.78, 5) is 15.0. The van der Waals surface area contributed by atoms with E-state index in [1.807, 2.05) is 13.0 Å². The minimum absolute atomic E-state index is 0.0455. The molecule has 0 bridgehead atoms. The number of nitrogens with one attached hydrogen (secondary N) is 1. The van der Waals surface area contributed by atoms with Crippen LogP contribution in [0.15, 0.2) is 9.85 Å². The lowest BCUT2D eigenvalue weighted by atomic mass is 10.2. The normalized spacial score (nSPS) is 20.8. The first-order valence-corrected chi connectivity index (χ1v) is 7.43. The van der Waals surface area contributed by atoms with E-state index in [0.717, 1.165) is 27.3 Å². The van der Waals surface area contributed by atoms with E-state index < -0.39 is 0 Å². The second-order valence-electron chi connectivity index (χ2n) is 4.55. The number of hydrogen-bond acceptors (Lipinski definition) is 3. The van der Waals surface area contributed by atoms with Crippen molar-refractivity contribution < 1.29 is 4.79 Å². The van der Waals surface area contributed by atoms with E-state index in [4.69, 9.17) is 0 Å². The number of likely N-dealkylation sites (N-methyl/N-ethyl adjacent to an activating group) is 1. The highest BCUT2D eigenvalue weighted by molar-refractivity contribution is 9.11. The lowest BCUT2D eigenvalue weighted by Crippen LogP contribution is -2.37. The number of thiophene rings is 1. The quantitative estimate of drug-likeness (QED) is 0.929. The van der Waals surface area contributed by atoms with Gasteiger partial charge in [-0.3, -0.25) is 4.79 Å². The highest BCUT2D eigenvalue weighted by Crippen LogP contribution is 2.27. The largest absolute Gasteiger partial charge is 0.350 e. The maximum atomic E-state index is 11.9. The van der Waals surface area contributed by atoms with Crippen molar-refractivity contribution in [3.05, 3.63) is 20.3 Å². The van der Waals surface area contributed by atoms with E-state index in [1.54, 1.807) is 0 Å². The molecule has 1 aliphatic rings. The van der Waals surface area contributed by atoms with Gasteiger partial charge in [0.15, 0.2) is 0 Å². The van der Waals surface area contributed by atoms with Crippen LogP contribution in [0.5, 0.6) is 0 Å². The Morgan fingerprint density at radius 2 is 2.47 bits per heavy atom. The molecule has 1 aromatic rings. The maximum absolute atomic E-state index is 11.9. The third-order valence-corrected chi connectivity index (χ3v) is 5.39. The molecule has 1 amide bonds. The van der Waals surface area contributed by atoms with Crippen LogP contribution in [0.1, 0.15) is 28.1 Å². The molecule has 1 N–H and O–H groups in total. The Morgan fingerprint density at radius 1 is 1.71 bits per heavy atom. The fourth-order valence-corrected chi connectivity index (χ4v) is 3.56. The van der Waals surface area contributed by atoms with Crippen LogP contribution in [0.3, 0.4) is 0 Å². The predicted octanol–water partition coefficient (Wildman–Crippen LogP) is 2.64. The van der Waals surface area contributed by atoms with Crippen molar-refractivity contribution in [1.82, 2.24) is 10.2 Å². The fraction of sp³-hybridized carbons (Fsp3) is 0.583. The molecule has 3 nitrogen and oxygen atoms in total. The second kappa shape index (κ2) is 5.50. The lowest BCUT2D eigenvalue weighted by molar-refractivity contribution is 0.0947. The average Bonchev–Trinajstić information content (AvgIpc) is 2.83. The standard InChI is InChI=1S/C12H17BrN2OS/c1-8-6-10(17-11(8)13)12(16)14-7-9-4-3-5-15(9)2/h6,9H,3-5,7H2,1-2H3,(H,14,16). The second-order valence-corrected chi connectivity index (χ2v) is 6.92. The molecule has 2 heterocycles. The molecule has 0 saturated carbocycles. The van der Waals surface area contributed by atoms with Crippen LogP contribution in [0.2, 0.25) is 0 Å². The number of aryl methyl sites for hydroxylation is 1. The van der Waals surface area contributed by atoms with Crippen LogP contribution in [0, 0.1) is 6.92 Å². The first-order chi connectivity index (χ1) is 8.08. The van der Waals surface area contributed by atoms with Gasteiger partial charge in [0.05, 0.1) is 8.66 Å². The molecule has 1 unspecified atom stereocenters. The van der Waals surface area contributed by atoms with Crippen LogP contribution in [-0.4, -0.2) is 37.0 Å². The van der Waals surface area contributed by atoms with Gasteiger partial charge in [0, 0.05) is 12.6 Å². The Hall–Kier alpha value is -0.390. The lowest BCUT2D eigenvalue weighted by Gasteiger charge is -2.19. The highest BCUT2D eigenvalue weighted by atomic mass is 79.9. The molecular weight excluding hydrogens is 300 g/mol. The predicted molar refractivity (Wildman–Crippen MR) is 74.7 cm³/mol. The molecule has 17 heavy (non-hydrogen) atoms. The van der Waals surface area contributed by atoms with Gasteiger partial charge in [-0.25, -0.2) is 0 Å². The van der Waals surface area contributed by atoms with Crippen molar-refractivity contribution in [1.29, 1.82) is 0 Å². The number of halogens is 1. The maximum Gasteiger partial charge on any atom is 0.261 e. The van der Waals surface area contributed by atoms with E-state index in [1.165, 1.54) is 24.2 Å². The van der Waals surface area contributed by atoms with Crippen LogP contribution in [0.25, 0.3) is 0 Å². The molecule has 1 atom stereocenters. The van der Waals surface area contributed by atoms with Crippen LogP contribution < -0.4 is 5.32 Å². The Bertz CT molecular complexity index is 399. The molecule has 0 radical (unpaired) electrons. The first kappa shape index (κ1) is 13.1. The van der Waals surface area contributed by atoms with Crippen molar-refractivity contribution in [2.24, 2.45) is 0 Å². The summed E-state index contributed by atoms with van der Waals surface area (Å²) in [6.45, 7) is 3.90. The topological polar surface area (TPSA) is 32.3 Å². The Balaban J connectivity index is 1.89. The summed E-state index contributed by atoms with van der Waals surface area (Å²) in [7, 11) is 2.12. The molecule has 0 aromatic carbocycles. The van der Waals surface area contributed by atoms with E-state index in [2.05, 4.69) is 33.2 Å².